The Labute approximate surface area is 302 Å². The number of carboxylic acid groups (broad SMARTS) is 1. The molecule has 0 aliphatic heterocycles. The number of nitrogens with zero attached hydrogens (tertiary/aromatic N) is 6. The molecule has 1 aliphatic carbocycles. The van der Waals surface area contributed by atoms with E-state index in [9.17, 15) is 14.4 Å². The molecular formula is C37H47N9O6. The molecule has 0 radical (unpaired) electrons. The molecule has 0 bridgehead atoms. The van der Waals surface area contributed by atoms with Crippen molar-refractivity contribution in [1.82, 2.24) is 30.9 Å². The molecule has 15 nitrogen and oxygen atoms in total. The first kappa shape index (κ1) is 38.9. The molecule has 2 aromatic carbocycles. The zero-order valence-corrected chi connectivity index (χ0v) is 30.2. The molecule has 5 N–H and O–H groups in total. The van der Waals surface area contributed by atoms with Gasteiger partial charge in [0.2, 0.25) is 17.6 Å². The highest BCUT2D eigenvalue weighted by Crippen LogP contribution is 2.33. The number of ether oxygens (including phenoxy) is 1. The average molecular weight is 714 g/mol. The number of tetrazole rings is 1. The van der Waals surface area contributed by atoms with Crippen LogP contribution < -0.4 is 20.9 Å². The summed E-state index contributed by atoms with van der Waals surface area (Å²) in [6, 6.07) is 18.1. The normalized spacial score (nSPS) is 16.0. The second-order valence-corrected chi connectivity index (χ2v) is 13.8. The summed E-state index contributed by atoms with van der Waals surface area (Å²) in [5, 5.41) is 23.9. The minimum Gasteiger partial charge on any atom is -0.483 e. The predicted molar refractivity (Wildman–Crippen MR) is 196 cm³/mol. The second kappa shape index (κ2) is 17.9. The smallest absolute Gasteiger partial charge is 0.407 e. The zero-order chi connectivity index (χ0) is 37.8. The lowest BCUT2D eigenvalue weighted by Gasteiger charge is -2.36. The number of hydrogen-bond acceptors (Lipinski definition) is 10. The van der Waals surface area contributed by atoms with E-state index in [1.54, 1.807) is 29.2 Å². The Morgan fingerprint density at radius 1 is 0.981 bits per heavy atom. The molecule has 1 saturated carbocycles. The fraction of sp³-hybridized carbons (Fsp3) is 0.405. The van der Waals surface area contributed by atoms with E-state index in [-0.39, 0.29) is 30.6 Å². The fourth-order valence-corrected chi connectivity index (χ4v) is 6.07. The highest BCUT2D eigenvalue weighted by molar-refractivity contribution is 6.01. The molecule has 1 aliphatic rings. The molecule has 1 atom stereocenters. The number of aromatic amines is 1. The summed E-state index contributed by atoms with van der Waals surface area (Å²) in [6.07, 6.45) is 4.37. The van der Waals surface area contributed by atoms with Gasteiger partial charge >= 0.3 is 6.09 Å². The van der Waals surface area contributed by atoms with E-state index in [4.69, 9.17) is 20.4 Å². The molecule has 1 fully saturated rings. The highest BCUT2D eigenvalue weighted by Gasteiger charge is 2.36. The number of nitrogens with two attached hydrogens (primary N) is 1. The minimum atomic E-state index is -0.929. The van der Waals surface area contributed by atoms with Gasteiger partial charge < -0.3 is 25.8 Å². The Bertz CT molecular complexity index is 1750. The monoisotopic (exact) mass is 713 g/mol. The van der Waals surface area contributed by atoms with Crippen LogP contribution in [0.2, 0.25) is 0 Å². The number of benzene rings is 2. The van der Waals surface area contributed by atoms with Gasteiger partial charge in [0.25, 0.3) is 6.47 Å². The fourth-order valence-electron chi connectivity index (χ4n) is 6.07. The Morgan fingerprint density at radius 2 is 1.60 bits per heavy atom. The number of primary amides is 1. The van der Waals surface area contributed by atoms with Gasteiger partial charge in [0, 0.05) is 56.0 Å². The van der Waals surface area contributed by atoms with Crippen LogP contribution in [-0.2, 0) is 25.5 Å². The summed E-state index contributed by atoms with van der Waals surface area (Å²) < 4.78 is 5.37. The number of alkyl carbamates (subject to hydrolysis) is 1. The largest absolute Gasteiger partial charge is 0.483 e. The third-order valence-electron chi connectivity index (χ3n) is 8.68. The zero-order valence-electron chi connectivity index (χ0n) is 30.2. The topological polar surface area (TPSA) is 210 Å². The van der Waals surface area contributed by atoms with Gasteiger partial charge in [-0.15, -0.1) is 10.2 Å². The number of amides is 3. The summed E-state index contributed by atoms with van der Waals surface area (Å²) in [4.78, 5) is 56.1. The molecule has 0 spiro atoms. The van der Waals surface area contributed by atoms with Crippen molar-refractivity contribution < 1.29 is 29.0 Å². The number of aromatic nitrogens is 5. The van der Waals surface area contributed by atoms with Gasteiger partial charge in [0.15, 0.2) is 0 Å². The molecule has 2 aromatic heterocycles. The van der Waals surface area contributed by atoms with E-state index < -0.39 is 23.6 Å². The van der Waals surface area contributed by atoms with Crippen LogP contribution >= 0.6 is 0 Å². The van der Waals surface area contributed by atoms with Crippen LogP contribution in [0.1, 0.15) is 52.0 Å². The Morgan fingerprint density at radius 3 is 2.12 bits per heavy atom. The van der Waals surface area contributed by atoms with Gasteiger partial charge in [0.05, 0.1) is 0 Å². The van der Waals surface area contributed by atoms with E-state index in [0.29, 0.717) is 36.5 Å². The van der Waals surface area contributed by atoms with Gasteiger partial charge in [-0.25, -0.2) is 9.78 Å². The quantitative estimate of drug-likeness (QED) is 0.160. The van der Waals surface area contributed by atoms with E-state index in [0.717, 1.165) is 35.3 Å². The second-order valence-electron chi connectivity index (χ2n) is 13.8. The first-order valence-electron chi connectivity index (χ1n) is 17.0. The van der Waals surface area contributed by atoms with Crippen molar-refractivity contribution >= 4 is 35.9 Å². The van der Waals surface area contributed by atoms with Crippen LogP contribution in [0.5, 0.6) is 0 Å². The predicted octanol–water partition coefficient (Wildman–Crippen LogP) is 4.46. The van der Waals surface area contributed by atoms with Crippen LogP contribution in [0.4, 0.5) is 16.3 Å². The number of carbonyl (C=O) groups is 4. The first-order chi connectivity index (χ1) is 24.8. The third-order valence-corrected chi connectivity index (χ3v) is 8.68. The maximum atomic E-state index is 14.4. The van der Waals surface area contributed by atoms with Crippen LogP contribution in [0.3, 0.4) is 0 Å². The summed E-state index contributed by atoms with van der Waals surface area (Å²) in [6.45, 7) is 5.70. The first-order valence-corrected chi connectivity index (χ1v) is 17.0. The number of pyridine rings is 1. The molecule has 15 heteroatoms. The Hall–Kier alpha value is -5.86. The van der Waals surface area contributed by atoms with Gasteiger partial charge in [-0.2, -0.15) is 5.21 Å². The molecule has 2 heterocycles. The average Bonchev–Trinajstić information content (AvgIpc) is 3.66. The van der Waals surface area contributed by atoms with Crippen LogP contribution in [0, 0.1) is 11.8 Å². The maximum Gasteiger partial charge on any atom is 0.407 e. The summed E-state index contributed by atoms with van der Waals surface area (Å²) in [5.74, 6) is 0.443. The standard InChI is InChI=1S/C36H45N9O4.CH2O2/c1-36(2,3)49-35(48)39-21-24-8-12-27(13-9-24)34(47)45(29-17-14-26(15-18-29)33-40-42-43-41-33)30(32(37)46)20-23-6-10-25(11-7-23)28-16-19-31(38-22-28)44(4)5;2-1-3/h6-7,10-11,14-19,22,24,27,30H,8-9,12-13,20-21H2,1-5H3,(H2,37,46)(H,39,48)(H,40,41,42,43);1H,(H,2,3)/t24?,27?,30-;/m0./s1. The molecule has 52 heavy (non-hydrogen) atoms. The third kappa shape index (κ3) is 10.8. The lowest BCUT2D eigenvalue weighted by Crippen LogP contribution is -2.52. The molecular weight excluding hydrogens is 666 g/mol. The van der Waals surface area contributed by atoms with Crippen molar-refractivity contribution in [3.8, 4) is 22.5 Å². The Balaban J connectivity index is 0.00000195. The van der Waals surface area contributed by atoms with Gasteiger partial charge in [0.1, 0.15) is 17.5 Å². The number of carbonyl (C=O) groups excluding carboxylic acids is 3. The van der Waals surface area contributed by atoms with Gasteiger partial charge in [-0.3, -0.25) is 19.3 Å². The molecule has 276 valence electrons. The van der Waals surface area contributed by atoms with Crippen molar-refractivity contribution in [3.05, 3.63) is 72.4 Å². The highest BCUT2D eigenvalue weighted by atomic mass is 16.6. The molecule has 5 rings (SSSR count). The van der Waals surface area contributed by atoms with Crippen LogP contribution in [-0.4, -0.2) is 87.4 Å². The van der Waals surface area contributed by atoms with E-state index in [1.807, 2.05) is 82.4 Å². The van der Waals surface area contributed by atoms with Crippen LogP contribution in [0.15, 0.2) is 66.9 Å². The number of hydrogen-bond donors (Lipinski definition) is 4. The van der Waals surface area contributed by atoms with E-state index in [1.165, 1.54) is 0 Å². The van der Waals surface area contributed by atoms with Crippen molar-refractivity contribution in [3.63, 3.8) is 0 Å². The van der Waals surface area contributed by atoms with Crippen molar-refractivity contribution in [2.45, 2.75) is 64.5 Å². The SMILES string of the molecule is CN(C)c1ccc(-c2ccc(C[C@@H](C(N)=O)N(C(=O)C3CCC(CNC(=O)OC(C)(C)C)CC3)c3ccc(-c4nn[nH]n4)cc3)cc2)cn1.O=CO. The minimum absolute atomic E-state index is 0.154. The lowest BCUT2D eigenvalue weighted by molar-refractivity contribution is -0.127. The van der Waals surface area contributed by atoms with Crippen molar-refractivity contribution in [2.75, 3.05) is 30.4 Å². The van der Waals surface area contributed by atoms with Crippen LogP contribution in [0.25, 0.3) is 22.5 Å². The number of anilines is 2. The molecule has 4 aromatic rings. The number of rotatable bonds is 11. The van der Waals surface area contributed by atoms with E-state index >= 15 is 0 Å². The number of H-pyrrole nitrogens is 1. The summed E-state index contributed by atoms with van der Waals surface area (Å²) >= 11 is 0. The molecule has 3 amide bonds. The lowest BCUT2D eigenvalue weighted by atomic mass is 9.81. The number of nitrogens with one attached hydrogen (secondary N) is 2. The van der Waals surface area contributed by atoms with Gasteiger partial charge in [-0.1, -0.05) is 24.3 Å². The summed E-state index contributed by atoms with van der Waals surface area (Å²) in [7, 11) is 3.89. The summed E-state index contributed by atoms with van der Waals surface area (Å²) in [5.41, 5.74) is 9.57. The van der Waals surface area contributed by atoms with Crippen molar-refractivity contribution in [2.24, 2.45) is 17.6 Å². The molecule has 0 unspecified atom stereocenters. The maximum absolute atomic E-state index is 14.4. The van der Waals surface area contributed by atoms with Gasteiger partial charge in [-0.05, 0) is 105 Å². The van der Waals surface area contributed by atoms with E-state index in [2.05, 4.69) is 30.9 Å². The van der Waals surface area contributed by atoms with Crippen molar-refractivity contribution in [1.29, 1.82) is 0 Å². The Kier molecular flexibility index (Phi) is 13.4. The molecule has 0 saturated heterocycles.